The van der Waals surface area contributed by atoms with Crippen LogP contribution < -0.4 is 0 Å². The van der Waals surface area contributed by atoms with Crippen molar-refractivity contribution in [3.8, 4) is 0 Å². The van der Waals surface area contributed by atoms with Gasteiger partial charge >= 0.3 is 0 Å². The van der Waals surface area contributed by atoms with Crippen LogP contribution in [0.25, 0.3) is 0 Å². The zero-order valence-corrected chi connectivity index (χ0v) is 6.65. The van der Waals surface area contributed by atoms with Gasteiger partial charge in [-0.3, -0.25) is 9.78 Å². The van der Waals surface area contributed by atoms with Crippen LogP contribution in [0.15, 0.2) is 12.4 Å². The molecule has 0 N–H and O–H groups in total. The number of carbonyl (C=O) groups is 2. The number of ketones is 1. The van der Waals surface area contributed by atoms with E-state index in [0.29, 0.717) is 11.4 Å². The quantitative estimate of drug-likeness (QED) is 0.480. The minimum absolute atomic E-state index is 0.125. The van der Waals surface area contributed by atoms with Crippen molar-refractivity contribution in [3.63, 3.8) is 0 Å². The molecule has 0 aliphatic rings. The average molecular weight is 164 g/mol. The Morgan fingerprint density at radius 3 is 2.67 bits per heavy atom. The summed E-state index contributed by atoms with van der Waals surface area (Å²) in [6.07, 6.45) is 3.80. The summed E-state index contributed by atoms with van der Waals surface area (Å²) in [5, 5.41) is 0. The van der Waals surface area contributed by atoms with Gasteiger partial charge in [-0.2, -0.15) is 0 Å². The molecule has 0 aliphatic heterocycles. The van der Waals surface area contributed by atoms with Crippen LogP contribution in [-0.2, 0) is 11.2 Å². The third-order valence-corrected chi connectivity index (χ3v) is 1.36. The van der Waals surface area contributed by atoms with Gasteiger partial charge in [0, 0.05) is 19.5 Å². The second-order valence-electron chi connectivity index (χ2n) is 2.32. The Balaban J connectivity index is 2.85. The van der Waals surface area contributed by atoms with Crippen molar-refractivity contribution in [2.24, 2.45) is 0 Å². The zero-order chi connectivity index (χ0) is 8.97. The van der Waals surface area contributed by atoms with Gasteiger partial charge in [0.2, 0.25) is 0 Å². The zero-order valence-electron chi connectivity index (χ0n) is 6.65. The lowest BCUT2D eigenvalue weighted by Gasteiger charge is -1.94. The topological polar surface area (TPSA) is 59.9 Å². The van der Waals surface area contributed by atoms with Crippen LogP contribution in [0.3, 0.4) is 0 Å². The van der Waals surface area contributed by atoms with E-state index in [2.05, 4.69) is 9.97 Å². The van der Waals surface area contributed by atoms with Gasteiger partial charge in [-0.1, -0.05) is 0 Å². The molecule has 1 rings (SSSR count). The van der Waals surface area contributed by atoms with E-state index in [-0.39, 0.29) is 12.2 Å². The minimum Gasteiger partial charge on any atom is -0.303 e. The van der Waals surface area contributed by atoms with Crippen molar-refractivity contribution < 1.29 is 9.59 Å². The molecule has 12 heavy (non-hydrogen) atoms. The predicted molar refractivity (Wildman–Crippen MR) is 41.8 cm³/mol. The summed E-state index contributed by atoms with van der Waals surface area (Å²) >= 11 is 0. The Morgan fingerprint density at radius 2 is 2.25 bits per heavy atom. The minimum atomic E-state index is -0.125. The summed E-state index contributed by atoms with van der Waals surface area (Å²) in [5.41, 5.74) is 0.902. The van der Waals surface area contributed by atoms with Crippen LogP contribution in [0.2, 0.25) is 0 Å². The Morgan fingerprint density at radius 1 is 1.50 bits per heavy atom. The summed E-state index contributed by atoms with van der Waals surface area (Å²) in [6.45, 7) is 1.42. The lowest BCUT2D eigenvalue weighted by atomic mass is 10.3. The number of Topliss-reactive ketones (excluding diaryl/α,β-unsaturated/α-hetero) is 1. The maximum Gasteiger partial charge on any atom is 0.179 e. The smallest absolute Gasteiger partial charge is 0.179 e. The first-order valence-electron chi connectivity index (χ1n) is 3.49. The molecule has 0 saturated carbocycles. The van der Waals surface area contributed by atoms with Gasteiger partial charge in [0.05, 0.1) is 11.9 Å². The molecule has 0 spiro atoms. The van der Waals surface area contributed by atoms with E-state index in [1.54, 1.807) is 0 Å². The first-order chi connectivity index (χ1) is 5.74. The van der Waals surface area contributed by atoms with Crippen LogP contribution in [-0.4, -0.2) is 22.0 Å². The number of nitrogens with zero attached hydrogens (tertiary/aromatic N) is 2. The second kappa shape index (κ2) is 3.71. The molecule has 62 valence electrons. The number of hydrogen-bond acceptors (Lipinski definition) is 4. The first kappa shape index (κ1) is 8.52. The SMILES string of the molecule is CC(=O)c1cnc(CC=O)cn1. The molecule has 1 heterocycles. The second-order valence-corrected chi connectivity index (χ2v) is 2.32. The highest BCUT2D eigenvalue weighted by Crippen LogP contribution is 1.95. The van der Waals surface area contributed by atoms with Crippen molar-refractivity contribution >= 4 is 12.1 Å². The summed E-state index contributed by atoms with van der Waals surface area (Å²) in [5.74, 6) is -0.125. The fraction of sp³-hybridized carbons (Fsp3) is 0.250. The van der Waals surface area contributed by atoms with Gasteiger partial charge in [-0.05, 0) is 0 Å². The third kappa shape index (κ3) is 1.95. The molecule has 0 radical (unpaired) electrons. The van der Waals surface area contributed by atoms with Gasteiger partial charge in [-0.25, -0.2) is 4.98 Å². The van der Waals surface area contributed by atoms with Gasteiger partial charge in [0.15, 0.2) is 5.78 Å². The number of aromatic nitrogens is 2. The average Bonchev–Trinajstić information content (AvgIpc) is 2.06. The highest BCUT2D eigenvalue weighted by molar-refractivity contribution is 5.91. The maximum atomic E-state index is 10.7. The molecule has 0 atom stereocenters. The van der Waals surface area contributed by atoms with E-state index < -0.39 is 0 Å². The molecule has 1 aromatic rings. The molecular weight excluding hydrogens is 156 g/mol. The van der Waals surface area contributed by atoms with E-state index in [1.165, 1.54) is 19.3 Å². The monoisotopic (exact) mass is 164 g/mol. The van der Waals surface area contributed by atoms with E-state index >= 15 is 0 Å². The van der Waals surface area contributed by atoms with Crippen molar-refractivity contribution in [2.75, 3.05) is 0 Å². The molecule has 0 amide bonds. The summed E-state index contributed by atoms with van der Waals surface area (Å²) in [4.78, 5) is 28.5. The first-order valence-corrected chi connectivity index (χ1v) is 3.49. The summed E-state index contributed by atoms with van der Waals surface area (Å²) in [6, 6.07) is 0. The molecule has 1 aromatic heterocycles. The largest absolute Gasteiger partial charge is 0.303 e. The van der Waals surface area contributed by atoms with Gasteiger partial charge in [0.1, 0.15) is 12.0 Å². The standard InChI is InChI=1S/C8H8N2O2/c1-6(12)8-5-9-7(2-3-11)4-10-8/h3-5H,2H2,1H3. The fourth-order valence-corrected chi connectivity index (χ4v) is 0.727. The maximum absolute atomic E-state index is 10.7. The normalized spacial score (nSPS) is 9.42. The molecule has 0 unspecified atom stereocenters. The third-order valence-electron chi connectivity index (χ3n) is 1.36. The molecule has 4 heteroatoms. The van der Waals surface area contributed by atoms with E-state index in [0.717, 1.165) is 6.29 Å². The number of carbonyl (C=O) groups excluding carboxylic acids is 2. The molecular formula is C8H8N2O2. The van der Waals surface area contributed by atoms with Crippen LogP contribution in [0, 0.1) is 0 Å². The van der Waals surface area contributed by atoms with Crippen molar-refractivity contribution in [1.29, 1.82) is 0 Å². The molecule has 0 aromatic carbocycles. The van der Waals surface area contributed by atoms with Gasteiger partial charge < -0.3 is 4.79 Å². The molecule has 4 nitrogen and oxygen atoms in total. The summed E-state index contributed by atoms with van der Waals surface area (Å²) in [7, 11) is 0. The van der Waals surface area contributed by atoms with Crippen LogP contribution in [0.1, 0.15) is 23.1 Å². The predicted octanol–water partition coefficient (Wildman–Crippen LogP) is 0.421. The number of hydrogen-bond donors (Lipinski definition) is 0. The highest BCUT2D eigenvalue weighted by atomic mass is 16.1. The van der Waals surface area contributed by atoms with E-state index in [4.69, 9.17) is 0 Å². The van der Waals surface area contributed by atoms with Gasteiger partial charge in [0.25, 0.3) is 0 Å². The number of rotatable bonds is 3. The van der Waals surface area contributed by atoms with Crippen LogP contribution in [0.4, 0.5) is 0 Å². The Hall–Kier alpha value is -1.58. The van der Waals surface area contributed by atoms with E-state index in [9.17, 15) is 9.59 Å². The lowest BCUT2D eigenvalue weighted by molar-refractivity contribution is -0.107. The van der Waals surface area contributed by atoms with Crippen molar-refractivity contribution in [3.05, 3.63) is 23.8 Å². The Kier molecular flexibility index (Phi) is 2.63. The number of aldehydes is 1. The molecule has 0 bridgehead atoms. The lowest BCUT2D eigenvalue weighted by Crippen LogP contribution is -2.00. The van der Waals surface area contributed by atoms with Gasteiger partial charge in [-0.15, -0.1) is 0 Å². The van der Waals surface area contributed by atoms with Crippen molar-refractivity contribution in [2.45, 2.75) is 13.3 Å². The molecule has 0 fully saturated rings. The highest BCUT2D eigenvalue weighted by Gasteiger charge is 2.00. The Labute approximate surface area is 69.7 Å². The van der Waals surface area contributed by atoms with E-state index in [1.807, 2.05) is 0 Å². The molecule has 0 aliphatic carbocycles. The van der Waals surface area contributed by atoms with Crippen molar-refractivity contribution in [1.82, 2.24) is 9.97 Å². The van der Waals surface area contributed by atoms with Crippen LogP contribution >= 0.6 is 0 Å². The Bertz CT molecular complexity index is 292. The molecule has 0 saturated heterocycles. The fourth-order valence-electron chi connectivity index (χ4n) is 0.727. The van der Waals surface area contributed by atoms with Crippen LogP contribution in [0.5, 0.6) is 0 Å². The summed E-state index contributed by atoms with van der Waals surface area (Å²) < 4.78 is 0.